The van der Waals surface area contributed by atoms with E-state index in [0.717, 1.165) is 18.4 Å². The summed E-state index contributed by atoms with van der Waals surface area (Å²) in [6, 6.07) is 7.09. The fourth-order valence-electron chi connectivity index (χ4n) is 2.46. The minimum absolute atomic E-state index is 0.0281. The van der Waals surface area contributed by atoms with Gasteiger partial charge in [-0.2, -0.15) is 4.31 Å². The van der Waals surface area contributed by atoms with E-state index in [1.165, 1.54) is 0 Å². The molecule has 1 heterocycles. The van der Waals surface area contributed by atoms with Crippen LogP contribution in [0.1, 0.15) is 18.4 Å². The number of sulfonamides is 1. The van der Waals surface area contributed by atoms with E-state index in [9.17, 15) is 8.42 Å². The summed E-state index contributed by atoms with van der Waals surface area (Å²) in [5, 5.41) is 0. The third-order valence-electron chi connectivity index (χ3n) is 3.36. The van der Waals surface area contributed by atoms with Gasteiger partial charge in [-0.3, -0.25) is 0 Å². The van der Waals surface area contributed by atoms with Crippen molar-refractivity contribution in [3.05, 3.63) is 29.8 Å². The summed E-state index contributed by atoms with van der Waals surface area (Å²) in [4.78, 5) is 0.410. The fourth-order valence-corrected chi connectivity index (χ4v) is 4.36. The molecule has 0 spiro atoms. The number of nitrogens with zero attached hydrogens (tertiary/aromatic N) is 1. The second kappa shape index (κ2) is 5.38. The lowest BCUT2D eigenvalue weighted by Crippen LogP contribution is -2.38. The first-order valence-corrected chi connectivity index (χ1v) is 7.58. The van der Waals surface area contributed by atoms with E-state index in [1.807, 2.05) is 19.1 Å². The third kappa shape index (κ3) is 2.43. The van der Waals surface area contributed by atoms with Crippen LogP contribution in [0.15, 0.2) is 29.2 Å². The smallest absolute Gasteiger partial charge is 0.243 e. The lowest BCUT2D eigenvalue weighted by Gasteiger charge is -2.24. The molecule has 5 heteroatoms. The van der Waals surface area contributed by atoms with Crippen LogP contribution in [-0.2, 0) is 14.8 Å². The zero-order valence-electron chi connectivity index (χ0n) is 10.8. The zero-order valence-corrected chi connectivity index (χ0v) is 11.6. The summed E-state index contributed by atoms with van der Waals surface area (Å²) < 4.78 is 31.9. The molecule has 1 unspecified atom stereocenters. The van der Waals surface area contributed by atoms with Crippen molar-refractivity contribution in [3.63, 3.8) is 0 Å². The summed E-state index contributed by atoms with van der Waals surface area (Å²) in [5.74, 6) is 0. The van der Waals surface area contributed by atoms with Crippen LogP contribution >= 0.6 is 0 Å². The van der Waals surface area contributed by atoms with E-state index in [4.69, 9.17) is 4.74 Å². The first-order chi connectivity index (χ1) is 8.57. The lowest BCUT2D eigenvalue weighted by atomic mass is 10.2. The van der Waals surface area contributed by atoms with Crippen molar-refractivity contribution < 1.29 is 13.2 Å². The standard InChI is InChI=1S/C13H19NO3S/c1-11-6-3-4-8-13(11)18(15,16)14-9-5-7-12(14)10-17-2/h3-4,6,8,12H,5,7,9-10H2,1-2H3. The molecule has 1 aromatic rings. The van der Waals surface area contributed by atoms with Crippen LogP contribution in [0, 0.1) is 6.92 Å². The van der Waals surface area contributed by atoms with Gasteiger partial charge in [0.15, 0.2) is 0 Å². The van der Waals surface area contributed by atoms with Gasteiger partial charge < -0.3 is 4.74 Å². The number of rotatable bonds is 4. The molecule has 0 aliphatic carbocycles. The highest BCUT2D eigenvalue weighted by molar-refractivity contribution is 7.89. The molecule has 4 nitrogen and oxygen atoms in total. The van der Waals surface area contributed by atoms with Crippen molar-refractivity contribution >= 4 is 10.0 Å². The normalized spacial score (nSPS) is 21.3. The summed E-state index contributed by atoms with van der Waals surface area (Å²) in [6.07, 6.45) is 1.78. The van der Waals surface area contributed by atoms with Gasteiger partial charge in [0.2, 0.25) is 10.0 Å². The zero-order chi connectivity index (χ0) is 13.2. The molecule has 1 saturated heterocycles. The van der Waals surface area contributed by atoms with Crippen LogP contribution in [0.2, 0.25) is 0 Å². The summed E-state index contributed by atoms with van der Waals surface area (Å²) in [5.41, 5.74) is 0.792. The largest absolute Gasteiger partial charge is 0.383 e. The van der Waals surface area contributed by atoms with Crippen molar-refractivity contribution in [1.82, 2.24) is 4.31 Å². The molecule has 1 atom stereocenters. The van der Waals surface area contributed by atoms with Gasteiger partial charge in [-0.1, -0.05) is 18.2 Å². The van der Waals surface area contributed by atoms with E-state index in [-0.39, 0.29) is 6.04 Å². The average molecular weight is 269 g/mol. The molecule has 0 bridgehead atoms. The molecule has 1 aromatic carbocycles. The van der Waals surface area contributed by atoms with Crippen LogP contribution in [0.5, 0.6) is 0 Å². The van der Waals surface area contributed by atoms with Gasteiger partial charge in [-0.25, -0.2) is 8.42 Å². The first kappa shape index (κ1) is 13.5. The van der Waals surface area contributed by atoms with Crippen LogP contribution < -0.4 is 0 Å². The third-order valence-corrected chi connectivity index (χ3v) is 5.47. The molecule has 100 valence electrons. The fraction of sp³-hybridized carbons (Fsp3) is 0.538. The maximum atomic E-state index is 12.6. The molecule has 0 aromatic heterocycles. The molecule has 0 N–H and O–H groups in total. The quantitative estimate of drug-likeness (QED) is 0.837. The maximum absolute atomic E-state index is 12.6. The SMILES string of the molecule is COCC1CCCN1S(=O)(=O)c1ccccc1C. The topological polar surface area (TPSA) is 46.6 Å². The number of benzene rings is 1. The first-order valence-electron chi connectivity index (χ1n) is 6.14. The molecule has 0 radical (unpaired) electrons. The van der Waals surface area contributed by atoms with Crippen LogP contribution in [-0.4, -0.2) is 39.0 Å². The molecular weight excluding hydrogens is 250 g/mol. The van der Waals surface area contributed by atoms with Gasteiger partial charge in [0.25, 0.3) is 0 Å². The van der Waals surface area contributed by atoms with Crippen molar-refractivity contribution in [2.75, 3.05) is 20.3 Å². The number of hydrogen-bond acceptors (Lipinski definition) is 3. The number of hydrogen-bond donors (Lipinski definition) is 0. The Hall–Kier alpha value is -0.910. The molecule has 2 rings (SSSR count). The number of methoxy groups -OCH3 is 1. The summed E-state index contributed by atoms with van der Waals surface area (Å²) >= 11 is 0. The number of aryl methyl sites for hydroxylation is 1. The van der Waals surface area contributed by atoms with Gasteiger partial charge in [-0.05, 0) is 31.4 Å². The van der Waals surface area contributed by atoms with Crippen LogP contribution in [0.3, 0.4) is 0 Å². The molecular formula is C13H19NO3S. The summed E-state index contributed by atoms with van der Waals surface area (Å²) in [7, 11) is -1.78. The number of ether oxygens (including phenoxy) is 1. The maximum Gasteiger partial charge on any atom is 0.243 e. The highest BCUT2D eigenvalue weighted by atomic mass is 32.2. The lowest BCUT2D eigenvalue weighted by molar-refractivity contribution is 0.149. The van der Waals surface area contributed by atoms with Crippen molar-refractivity contribution in [2.45, 2.75) is 30.7 Å². The minimum Gasteiger partial charge on any atom is -0.383 e. The molecule has 0 saturated carbocycles. The van der Waals surface area contributed by atoms with Gasteiger partial charge in [-0.15, -0.1) is 0 Å². The van der Waals surface area contributed by atoms with Gasteiger partial charge in [0.05, 0.1) is 11.5 Å². The van der Waals surface area contributed by atoms with Crippen LogP contribution in [0.4, 0.5) is 0 Å². The second-order valence-electron chi connectivity index (χ2n) is 4.63. The molecule has 0 amide bonds. The van der Waals surface area contributed by atoms with E-state index < -0.39 is 10.0 Å². The predicted octanol–water partition coefficient (Wildman–Crippen LogP) is 1.79. The average Bonchev–Trinajstić information content (AvgIpc) is 2.79. The predicted molar refractivity (Wildman–Crippen MR) is 70.0 cm³/mol. The Bertz CT molecular complexity index is 513. The molecule has 18 heavy (non-hydrogen) atoms. The van der Waals surface area contributed by atoms with Gasteiger partial charge >= 0.3 is 0 Å². The Balaban J connectivity index is 2.34. The Morgan fingerprint density at radius 3 is 2.78 bits per heavy atom. The van der Waals surface area contributed by atoms with E-state index in [1.54, 1.807) is 23.5 Å². The Morgan fingerprint density at radius 1 is 1.39 bits per heavy atom. The Labute approximate surface area is 109 Å². The highest BCUT2D eigenvalue weighted by Gasteiger charge is 2.35. The van der Waals surface area contributed by atoms with Gasteiger partial charge in [0, 0.05) is 19.7 Å². The van der Waals surface area contributed by atoms with Crippen molar-refractivity contribution in [3.8, 4) is 0 Å². The van der Waals surface area contributed by atoms with E-state index in [2.05, 4.69) is 0 Å². The van der Waals surface area contributed by atoms with Crippen LogP contribution in [0.25, 0.3) is 0 Å². The summed E-state index contributed by atoms with van der Waals surface area (Å²) in [6.45, 7) is 2.88. The highest BCUT2D eigenvalue weighted by Crippen LogP contribution is 2.27. The monoisotopic (exact) mass is 269 g/mol. The van der Waals surface area contributed by atoms with E-state index in [0.29, 0.717) is 18.0 Å². The van der Waals surface area contributed by atoms with Crippen molar-refractivity contribution in [1.29, 1.82) is 0 Å². The molecule has 1 aliphatic heterocycles. The molecule has 1 aliphatic rings. The second-order valence-corrected chi connectivity index (χ2v) is 6.49. The van der Waals surface area contributed by atoms with Gasteiger partial charge in [0.1, 0.15) is 0 Å². The minimum atomic E-state index is -3.39. The Morgan fingerprint density at radius 2 is 2.11 bits per heavy atom. The molecule has 1 fully saturated rings. The Kier molecular flexibility index (Phi) is 4.04. The van der Waals surface area contributed by atoms with Crippen molar-refractivity contribution in [2.24, 2.45) is 0 Å². The van der Waals surface area contributed by atoms with E-state index >= 15 is 0 Å².